The van der Waals surface area contributed by atoms with Crippen LogP contribution >= 0.6 is 0 Å². The molecule has 0 atom stereocenters. The number of ether oxygens (including phenoxy) is 1. The van der Waals surface area contributed by atoms with E-state index in [1.165, 1.54) is 0 Å². The van der Waals surface area contributed by atoms with Crippen molar-refractivity contribution in [1.82, 2.24) is 9.38 Å². The summed E-state index contributed by atoms with van der Waals surface area (Å²) in [6.45, 7) is 0.521. The van der Waals surface area contributed by atoms with Gasteiger partial charge in [-0.2, -0.15) is 0 Å². The molecule has 0 bridgehead atoms. The van der Waals surface area contributed by atoms with E-state index in [0.717, 1.165) is 41.8 Å². The number of benzene rings is 1. The second-order valence-electron chi connectivity index (χ2n) is 6.06. The zero-order valence-corrected chi connectivity index (χ0v) is 14.1. The Labute approximate surface area is 146 Å². The van der Waals surface area contributed by atoms with Crippen LogP contribution in [0.15, 0.2) is 55.0 Å². The van der Waals surface area contributed by atoms with Crippen molar-refractivity contribution in [3.8, 4) is 5.75 Å². The molecular formula is C20H22N2O3. The van der Waals surface area contributed by atoms with E-state index in [2.05, 4.69) is 9.38 Å². The van der Waals surface area contributed by atoms with Crippen molar-refractivity contribution in [2.24, 2.45) is 0 Å². The number of hydrogen-bond donors (Lipinski definition) is 1. The highest BCUT2D eigenvalue weighted by atomic mass is 16.5. The number of carbonyl (C=O) groups is 1. The maximum Gasteiger partial charge on any atom is 0.303 e. The van der Waals surface area contributed by atoms with Gasteiger partial charge in [0.15, 0.2) is 0 Å². The number of rotatable bonds is 9. The molecule has 3 rings (SSSR count). The molecule has 1 N–H and O–H groups in total. The molecule has 2 aromatic heterocycles. The summed E-state index contributed by atoms with van der Waals surface area (Å²) < 4.78 is 8.11. The zero-order chi connectivity index (χ0) is 17.5. The van der Waals surface area contributed by atoms with E-state index in [1.807, 2.05) is 48.7 Å². The summed E-state index contributed by atoms with van der Waals surface area (Å²) in [5, 5.41) is 8.73. The minimum atomic E-state index is -0.733. The molecule has 0 fully saturated rings. The number of carboxylic acids is 1. The van der Waals surface area contributed by atoms with Crippen LogP contribution in [-0.4, -0.2) is 20.5 Å². The number of carboxylic acid groups (broad SMARTS) is 1. The maximum absolute atomic E-state index is 10.6. The van der Waals surface area contributed by atoms with Gasteiger partial charge < -0.3 is 9.84 Å². The fourth-order valence-electron chi connectivity index (χ4n) is 2.89. The summed E-state index contributed by atoms with van der Waals surface area (Å²) in [4.78, 5) is 14.8. The van der Waals surface area contributed by atoms with Crippen LogP contribution in [-0.2, 0) is 17.8 Å². The van der Waals surface area contributed by atoms with Gasteiger partial charge in [0.05, 0.1) is 23.7 Å². The number of hydrogen-bond acceptors (Lipinski definition) is 3. The van der Waals surface area contributed by atoms with Crippen LogP contribution in [0.3, 0.4) is 0 Å². The Bertz CT molecular complexity index is 827. The quantitative estimate of drug-likeness (QED) is 0.597. The Balaban J connectivity index is 1.69. The molecule has 0 amide bonds. The standard InChI is InChI=1S/C20H22N2O3/c23-20(24)10-6-2-5-9-18-19(12-11-17-13-21-15-22(17)18)25-14-16-7-3-1-4-8-16/h1,3-4,7-8,11-13,15H,2,5-6,9-10,14H2,(H,23,24). The highest BCUT2D eigenvalue weighted by Gasteiger charge is 2.10. The first-order chi connectivity index (χ1) is 12.2. The second kappa shape index (κ2) is 8.33. The molecule has 0 saturated carbocycles. The first-order valence-electron chi connectivity index (χ1n) is 8.56. The van der Waals surface area contributed by atoms with Crippen LogP contribution < -0.4 is 4.74 Å². The van der Waals surface area contributed by atoms with Gasteiger partial charge in [0.25, 0.3) is 0 Å². The van der Waals surface area contributed by atoms with E-state index >= 15 is 0 Å². The molecule has 5 nitrogen and oxygen atoms in total. The molecule has 0 aliphatic heterocycles. The van der Waals surface area contributed by atoms with Crippen molar-refractivity contribution < 1.29 is 14.6 Å². The van der Waals surface area contributed by atoms with Crippen LogP contribution in [0.1, 0.15) is 36.9 Å². The van der Waals surface area contributed by atoms with E-state index in [1.54, 1.807) is 6.33 Å². The lowest BCUT2D eigenvalue weighted by atomic mass is 10.1. The molecule has 0 aliphatic carbocycles. The Morgan fingerprint density at radius 1 is 1.08 bits per heavy atom. The number of aromatic nitrogens is 2. The van der Waals surface area contributed by atoms with Gasteiger partial charge in [0, 0.05) is 6.42 Å². The van der Waals surface area contributed by atoms with Crippen LogP contribution in [0.4, 0.5) is 0 Å². The van der Waals surface area contributed by atoms with E-state index in [0.29, 0.717) is 13.0 Å². The zero-order valence-electron chi connectivity index (χ0n) is 14.1. The molecule has 0 aliphatic rings. The molecule has 0 spiro atoms. The van der Waals surface area contributed by atoms with Crippen molar-refractivity contribution in [3.05, 3.63) is 66.2 Å². The highest BCUT2D eigenvalue weighted by Crippen LogP contribution is 2.24. The third kappa shape index (κ3) is 4.59. The highest BCUT2D eigenvalue weighted by molar-refractivity contribution is 5.66. The van der Waals surface area contributed by atoms with E-state index < -0.39 is 5.97 Å². The maximum atomic E-state index is 10.6. The predicted molar refractivity (Wildman–Crippen MR) is 95.8 cm³/mol. The monoisotopic (exact) mass is 338 g/mol. The molecule has 3 aromatic rings. The first kappa shape index (κ1) is 17.0. The summed E-state index contributed by atoms with van der Waals surface area (Å²) in [5.74, 6) is 0.121. The number of aryl methyl sites for hydroxylation is 1. The van der Waals surface area contributed by atoms with Gasteiger partial charge >= 0.3 is 5.97 Å². The van der Waals surface area contributed by atoms with Crippen LogP contribution in [0.25, 0.3) is 5.52 Å². The molecule has 0 unspecified atom stereocenters. The van der Waals surface area contributed by atoms with Gasteiger partial charge in [0.2, 0.25) is 0 Å². The lowest BCUT2D eigenvalue weighted by Crippen LogP contribution is -2.04. The van der Waals surface area contributed by atoms with Gasteiger partial charge in [-0.3, -0.25) is 9.20 Å². The summed E-state index contributed by atoms with van der Waals surface area (Å²) in [6.07, 6.45) is 7.20. The lowest BCUT2D eigenvalue weighted by molar-refractivity contribution is -0.137. The number of unbranched alkanes of at least 4 members (excludes halogenated alkanes) is 2. The Hall–Kier alpha value is -2.82. The average Bonchev–Trinajstić information content (AvgIpc) is 3.10. The fourth-order valence-corrected chi connectivity index (χ4v) is 2.89. The van der Waals surface area contributed by atoms with Crippen molar-refractivity contribution in [2.75, 3.05) is 0 Å². The summed E-state index contributed by atoms with van der Waals surface area (Å²) in [7, 11) is 0. The number of pyridine rings is 1. The fraction of sp³-hybridized carbons (Fsp3) is 0.300. The minimum absolute atomic E-state index is 0.229. The average molecular weight is 338 g/mol. The molecular weight excluding hydrogens is 316 g/mol. The number of fused-ring (bicyclic) bond motifs is 1. The summed E-state index contributed by atoms with van der Waals surface area (Å²) >= 11 is 0. The third-order valence-electron chi connectivity index (χ3n) is 4.19. The number of aliphatic carboxylic acids is 1. The van der Waals surface area contributed by atoms with E-state index in [4.69, 9.17) is 9.84 Å². The largest absolute Gasteiger partial charge is 0.487 e. The normalized spacial score (nSPS) is 10.9. The Kier molecular flexibility index (Phi) is 5.67. The van der Waals surface area contributed by atoms with Crippen LogP contribution in [0.2, 0.25) is 0 Å². The van der Waals surface area contributed by atoms with Crippen LogP contribution in [0.5, 0.6) is 5.75 Å². The molecule has 0 radical (unpaired) electrons. The molecule has 25 heavy (non-hydrogen) atoms. The van der Waals surface area contributed by atoms with Gasteiger partial charge in [-0.05, 0) is 37.0 Å². The lowest BCUT2D eigenvalue weighted by Gasteiger charge is -2.14. The third-order valence-corrected chi connectivity index (χ3v) is 4.19. The molecule has 1 aromatic carbocycles. The van der Waals surface area contributed by atoms with E-state index in [-0.39, 0.29) is 6.42 Å². The van der Waals surface area contributed by atoms with Gasteiger partial charge in [-0.1, -0.05) is 36.8 Å². The number of nitrogens with zero attached hydrogens (tertiary/aromatic N) is 2. The number of imidazole rings is 1. The summed E-state index contributed by atoms with van der Waals surface area (Å²) in [6, 6.07) is 14.1. The van der Waals surface area contributed by atoms with Crippen molar-refractivity contribution in [2.45, 2.75) is 38.7 Å². The van der Waals surface area contributed by atoms with Crippen molar-refractivity contribution in [3.63, 3.8) is 0 Å². The Morgan fingerprint density at radius 2 is 1.92 bits per heavy atom. The first-order valence-corrected chi connectivity index (χ1v) is 8.56. The molecule has 2 heterocycles. The van der Waals surface area contributed by atoms with Crippen LogP contribution in [0, 0.1) is 0 Å². The van der Waals surface area contributed by atoms with Crippen molar-refractivity contribution in [1.29, 1.82) is 0 Å². The molecule has 0 saturated heterocycles. The van der Waals surface area contributed by atoms with E-state index in [9.17, 15) is 4.79 Å². The SMILES string of the molecule is O=C(O)CCCCCc1c(OCc2ccccc2)ccc2cncn12. The molecule has 5 heteroatoms. The summed E-state index contributed by atoms with van der Waals surface area (Å²) in [5.41, 5.74) is 3.24. The van der Waals surface area contributed by atoms with Crippen molar-refractivity contribution >= 4 is 11.5 Å². The Morgan fingerprint density at radius 3 is 2.72 bits per heavy atom. The van der Waals surface area contributed by atoms with Gasteiger partial charge in [-0.25, -0.2) is 4.98 Å². The predicted octanol–water partition coefficient (Wildman–Crippen LogP) is 4.10. The minimum Gasteiger partial charge on any atom is -0.487 e. The van der Waals surface area contributed by atoms with Gasteiger partial charge in [-0.15, -0.1) is 0 Å². The topological polar surface area (TPSA) is 63.8 Å². The van der Waals surface area contributed by atoms with Gasteiger partial charge in [0.1, 0.15) is 12.4 Å². The second-order valence-corrected chi connectivity index (χ2v) is 6.06. The molecule has 130 valence electrons. The smallest absolute Gasteiger partial charge is 0.303 e.